The minimum absolute atomic E-state index is 0.0894. The summed E-state index contributed by atoms with van der Waals surface area (Å²) in [7, 11) is 0. The van der Waals surface area contributed by atoms with E-state index in [0.717, 1.165) is 18.6 Å². The fourth-order valence-electron chi connectivity index (χ4n) is 2.26. The highest BCUT2D eigenvalue weighted by Crippen LogP contribution is 2.35. The van der Waals surface area contributed by atoms with Crippen molar-refractivity contribution in [3.63, 3.8) is 0 Å². The van der Waals surface area contributed by atoms with Crippen LogP contribution in [0.1, 0.15) is 33.6 Å². The second kappa shape index (κ2) is 4.28. The Morgan fingerprint density at radius 1 is 1.56 bits per heavy atom. The number of hydrogen-bond donors (Lipinski definition) is 2. The summed E-state index contributed by atoms with van der Waals surface area (Å²) in [6.45, 7) is 6.13. The molecule has 1 spiro atoms. The Bertz CT molecular complexity index is 329. The zero-order valence-electron chi connectivity index (χ0n) is 10.0. The maximum Gasteiger partial charge on any atom is 0.253 e. The number of nitrogens with zero attached hydrogens (tertiary/aromatic N) is 1. The Hall–Kier alpha value is -0.710. The summed E-state index contributed by atoms with van der Waals surface area (Å²) in [6.07, 6.45) is 1.99. The van der Waals surface area contributed by atoms with Gasteiger partial charge in [0.2, 0.25) is 0 Å². The third-order valence-electron chi connectivity index (χ3n) is 3.14. The molecule has 5 heteroatoms. The first kappa shape index (κ1) is 11.8. The standard InChI is InChI=1S/C11H19N3OS/c1-7(2)12-10-13-9(15)11(14-10)5-4-6-16-8(11)3/h7-8H,4-6H2,1-3H3,(H2,12,13,14,15). The van der Waals surface area contributed by atoms with Crippen LogP contribution in [0.25, 0.3) is 0 Å². The molecule has 2 N–H and O–H groups in total. The largest absolute Gasteiger partial charge is 0.341 e. The van der Waals surface area contributed by atoms with Gasteiger partial charge in [-0.2, -0.15) is 11.8 Å². The Morgan fingerprint density at radius 2 is 2.31 bits per heavy atom. The summed E-state index contributed by atoms with van der Waals surface area (Å²) < 4.78 is 0. The van der Waals surface area contributed by atoms with E-state index in [1.165, 1.54) is 0 Å². The molecule has 90 valence electrons. The molecule has 2 aliphatic rings. The number of rotatable bonds is 1. The molecule has 0 radical (unpaired) electrons. The minimum Gasteiger partial charge on any atom is -0.341 e. The van der Waals surface area contributed by atoms with Crippen molar-refractivity contribution in [3.8, 4) is 0 Å². The van der Waals surface area contributed by atoms with Crippen LogP contribution in [0.5, 0.6) is 0 Å². The minimum atomic E-state index is -0.420. The highest BCUT2D eigenvalue weighted by atomic mass is 32.2. The molecule has 0 aromatic rings. The molecule has 16 heavy (non-hydrogen) atoms. The van der Waals surface area contributed by atoms with E-state index in [4.69, 9.17) is 0 Å². The topological polar surface area (TPSA) is 53.5 Å². The molecule has 2 saturated heterocycles. The van der Waals surface area contributed by atoms with E-state index < -0.39 is 5.54 Å². The third-order valence-corrected chi connectivity index (χ3v) is 4.57. The van der Waals surface area contributed by atoms with Crippen LogP contribution in [-0.4, -0.2) is 34.5 Å². The van der Waals surface area contributed by atoms with E-state index >= 15 is 0 Å². The van der Waals surface area contributed by atoms with E-state index in [1.54, 1.807) is 0 Å². The molecule has 2 aliphatic heterocycles. The normalized spacial score (nSPS) is 36.9. The molecule has 1 amide bonds. The van der Waals surface area contributed by atoms with Gasteiger partial charge in [0, 0.05) is 11.3 Å². The van der Waals surface area contributed by atoms with Crippen LogP contribution in [0.15, 0.2) is 4.99 Å². The number of hydrogen-bond acceptors (Lipinski definition) is 3. The summed E-state index contributed by atoms with van der Waals surface area (Å²) in [4.78, 5) is 16.5. The highest BCUT2D eigenvalue weighted by Gasteiger charge is 2.50. The number of nitrogens with one attached hydrogen (secondary N) is 2. The van der Waals surface area contributed by atoms with Gasteiger partial charge in [0.05, 0.1) is 0 Å². The van der Waals surface area contributed by atoms with Gasteiger partial charge in [0.15, 0.2) is 5.96 Å². The molecule has 0 aromatic heterocycles. The average molecular weight is 241 g/mol. The van der Waals surface area contributed by atoms with Crippen molar-refractivity contribution < 1.29 is 4.79 Å². The first-order valence-electron chi connectivity index (χ1n) is 5.83. The van der Waals surface area contributed by atoms with Crippen molar-refractivity contribution in [3.05, 3.63) is 0 Å². The van der Waals surface area contributed by atoms with Crippen molar-refractivity contribution in [2.75, 3.05) is 5.75 Å². The summed E-state index contributed by atoms with van der Waals surface area (Å²) in [6, 6.07) is 0.199. The van der Waals surface area contributed by atoms with Crippen LogP contribution in [0.3, 0.4) is 0 Å². The number of guanidine groups is 1. The lowest BCUT2D eigenvalue weighted by Gasteiger charge is -2.36. The van der Waals surface area contributed by atoms with Crippen LogP contribution < -0.4 is 10.6 Å². The van der Waals surface area contributed by atoms with Gasteiger partial charge >= 0.3 is 0 Å². The van der Waals surface area contributed by atoms with Crippen LogP contribution in [0.2, 0.25) is 0 Å². The van der Waals surface area contributed by atoms with E-state index in [0.29, 0.717) is 11.2 Å². The molecule has 0 aromatic carbocycles. The zero-order valence-corrected chi connectivity index (χ0v) is 10.9. The Balaban J connectivity index is 2.20. The van der Waals surface area contributed by atoms with E-state index in [-0.39, 0.29) is 11.9 Å². The van der Waals surface area contributed by atoms with Crippen LogP contribution in [-0.2, 0) is 4.79 Å². The Kier molecular flexibility index (Phi) is 3.15. The molecule has 0 saturated carbocycles. The monoisotopic (exact) mass is 241 g/mol. The molecular weight excluding hydrogens is 222 g/mol. The molecule has 0 bridgehead atoms. The van der Waals surface area contributed by atoms with E-state index in [1.807, 2.05) is 25.6 Å². The van der Waals surface area contributed by atoms with Gasteiger partial charge in [-0.1, -0.05) is 6.92 Å². The molecular formula is C11H19N3OS. The molecule has 2 rings (SSSR count). The van der Waals surface area contributed by atoms with Gasteiger partial charge < -0.3 is 5.32 Å². The molecule has 0 aliphatic carbocycles. The average Bonchev–Trinajstić information content (AvgIpc) is 2.48. The smallest absolute Gasteiger partial charge is 0.253 e. The lowest BCUT2D eigenvalue weighted by atomic mass is 9.90. The number of carbonyl (C=O) groups is 1. The van der Waals surface area contributed by atoms with Gasteiger partial charge in [0.25, 0.3) is 5.91 Å². The summed E-state index contributed by atoms with van der Waals surface area (Å²) in [5.74, 6) is 1.88. The van der Waals surface area contributed by atoms with Gasteiger partial charge in [-0.05, 0) is 32.4 Å². The highest BCUT2D eigenvalue weighted by molar-refractivity contribution is 8.00. The molecule has 2 unspecified atom stereocenters. The number of thioether (sulfide) groups is 1. The molecule has 4 nitrogen and oxygen atoms in total. The van der Waals surface area contributed by atoms with Crippen LogP contribution in [0.4, 0.5) is 0 Å². The maximum absolute atomic E-state index is 12.1. The van der Waals surface area contributed by atoms with Crippen LogP contribution in [0, 0.1) is 0 Å². The molecule has 2 fully saturated rings. The van der Waals surface area contributed by atoms with E-state index in [9.17, 15) is 4.79 Å². The van der Waals surface area contributed by atoms with Crippen molar-refractivity contribution in [1.82, 2.24) is 10.6 Å². The van der Waals surface area contributed by atoms with Gasteiger partial charge in [-0.15, -0.1) is 0 Å². The van der Waals surface area contributed by atoms with Crippen molar-refractivity contribution in [2.45, 2.75) is 50.4 Å². The Morgan fingerprint density at radius 3 is 2.94 bits per heavy atom. The quantitative estimate of drug-likeness (QED) is 0.723. The maximum atomic E-state index is 12.1. The van der Waals surface area contributed by atoms with Gasteiger partial charge in [-0.3, -0.25) is 15.1 Å². The second-order valence-corrected chi connectivity index (χ2v) is 6.19. The van der Waals surface area contributed by atoms with Gasteiger partial charge in [-0.25, -0.2) is 0 Å². The van der Waals surface area contributed by atoms with E-state index in [2.05, 4.69) is 22.5 Å². The molecule has 2 heterocycles. The fraction of sp³-hybridized carbons (Fsp3) is 0.818. The SMILES string of the molecule is CC(C)N=C1NC(=O)C2(CCCSC2C)N1. The predicted molar refractivity (Wildman–Crippen MR) is 67.7 cm³/mol. The first-order valence-corrected chi connectivity index (χ1v) is 6.88. The Labute approximate surface area is 101 Å². The predicted octanol–water partition coefficient (Wildman–Crippen LogP) is 1.12. The summed E-state index contributed by atoms with van der Waals surface area (Å²) in [5, 5.41) is 6.48. The summed E-state index contributed by atoms with van der Waals surface area (Å²) in [5.41, 5.74) is -0.420. The number of amides is 1. The second-order valence-electron chi connectivity index (χ2n) is 4.74. The lowest BCUT2D eigenvalue weighted by Crippen LogP contribution is -2.55. The number of carbonyl (C=O) groups excluding carboxylic acids is 1. The summed E-state index contributed by atoms with van der Waals surface area (Å²) >= 11 is 1.86. The van der Waals surface area contributed by atoms with Crippen molar-refractivity contribution in [1.29, 1.82) is 0 Å². The first-order chi connectivity index (χ1) is 7.54. The fourth-order valence-corrected chi connectivity index (χ4v) is 3.49. The number of aliphatic imine (C=N–C) groups is 1. The van der Waals surface area contributed by atoms with Crippen LogP contribution >= 0.6 is 11.8 Å². The van der Waals surface area contributed by atoms with Crippen molar-refractivity contribution >= 4 is 23.6 Å². The molecule has 2 atom stereocenters. The van der Waals surface area contributed by atoms with Crippen molar-refractivity contribution in [2.24, 2.45) is 4.99 Å². The third kappa shape index (κ3) is 1.93. The zero-order chi connectivity index (χ0) is 11.8. The lowest BCUT2D eigenvalue weighted by molar-refractivity contribution is -0.124. The van der Waals surface area contributed by atoms with Gasteiger partial charge in [0.1, 0.15) is 5.54 Å².